The molecule has 0 spiro atoms. The van der Waals surface area contributed by atoms with Crippen LogP contribution in [0.15, 0.2) is 46.2 Å². The highest BCUT2D eigenvalue weighted by Gasteiger charge is 2.33. The number of ether oxygens (including phenoxy) is 1. The van der Waals surface area contributed by atoms with Gasteiger partial charge >= 0.3 is 6.09 Å². The van der Waals surface area contributed by atoms with Crippen molar-refractivity contribution in [2.75, 3.05) is 35.6 Å². The molecule has 1 saturated heterocycles. The first-order valence-electron chi connectivity index (χ1n) is 11.4. The van der Waals surface area contributed by atoms with Crippen LogP contribution in [-0.4, -0.2) is 53.0 Å². The van der Waals surface area contributed by atoms with Gasteiger partial charge in [-0.2, -0.15) is 0 Å². The zero-order chi connectivity index (χ0) is 24.1. The van der Waals surface area contributed by atoms with E-state index in [1.165, 1.54) is 24.0 Å². The molecular weight excluding hydrogens is 473 g/mol. The summed E-state index contributed by atoms with van der Waals surface area (Å²) in [4.78, 5) is 43.0. The van der Waals surface area contributed by atoms with E-state index >= 15 is 0 Å². The summed E-state index contributed by atoms with van der Waals surface area (Å²) in [6, 6.07) is 8.64. The number of pyridine rings is 2. The smallest absolute Gasteiger partial charge is 0.414 e. The van der Waals surface area contributed by atoms with Crippen molar-refractivity contribution in [1.82, 2.24) is 14.9 Å². The Balaban J connectivity index is 1.06. The summed E-state index contributed by atoms with van der Waals surface area (Å²) in [5.41, 5.74) is 2.97. The van der Waals surface area contributed by atoms with Crippen molar-refractivity contribution in [2.24, 2.45) is 0 Å². The molecule has 1 aromatic carbocycles. The zero-order valence-electron chi connectivity index (χ0n) is 18.6. The lowest BCUT2D eigenvalue weighted by Gasteiger charge is -2.20. The topological polar surface area (TPSA) is 106 Å². The van der Waals surface area contributed by atoms with Crippen LogP contribution in [0.4, 0.5) is 20.6 Å². The zero-order valence-corrected chi connectivity index (χ0v) is 19.4. The van der Waals surface area contributed by atoms with Crippen LogP contribution in [0.25, 0.3) is 11.0 Å². The fraction of sp³-hybridized carbons (Fsp3) is 0.333. The summed E-state index contributed by atoms with van der Waals surface area (Å²) in [6.45, 7) is 1.84. The quantitative estimate of drug-likeness (QED) is 0.507. The number of carbonyl (C=O) groups excluding carboxylic acids is 2. The van der Waals surface area contributed by atoms with Gasteiger partial charge in [-0.25, -0.2) is 9.18 Å². The van der Waals surface area contributed by atoms with Crippen molar-refractivity contribution in [3.05, 3.63) is 58.3 Å². The van der Waals surface area contributed by atoms with E-state index in [0.29, 0.717) is 66.3 Å². The number of halogens is 1. The third-order valence-electron chi connectivity index (χ3n) is 6.63. The maximum atomic E-state index is 14.6. The highest BCUT2D eigenvalue weighted by atomic mass is 32.2. The first kappa shape index (κ1) is 22.1. The van der Waals surface area contributed by atoms with Gasteiger partial charge in [-0.15, -0.1) is 11.8 Å². The van der Waals surface area contributed by atoms with Crippen LogP contribution in [0.5, 0.6) is 0 Å². The summed E-state index contributed by atoms with van der Waals surface area (Å²) >= 11 is 1.47. The molecule has 2 amide bonds. The largest absolute Gasteiger partial charge is 0.443 e. The van der Waals surface area contributed by atoms with Gasteiger partial charge in [0.05, 0.1) is 35.2 Å². The number of aromatic nitrogens is 2. The average molecular weight is 496 g/mol. The number of rotatable bonds is 6. The van der Waals surface area contributed by atoms with E-state index in [2.05, 4.69) is 15.6 Å². The average Bonchev–Trinajstić information content (AvgIpc) is 3.42. The molecule has 5 heterocycles. The van der Waals surface area contributed by atoms with E-state index in [-0.39, 0.29) is 29.3 Å². The molecule has 3 aromatic rings. The molecule has 0 aliphatic carbocycles. The maximum absolute atomic E-state index is 14.6. The number of fused-ring (bicyclic) bond motifs is 1. The van der Waals surface area contributed by atoms with E-state index in [1.807, 2.05) is 12.1 Å². The van der Waals surface area contributed by atoms with Crippen LogP contribution in [-0.2, 0) is 16.1 Å². The van der Waals surface area contributed by atoms with Crippen LogP contribution < -0.4 is 21.1 Å². The Morgan fingerprint density at radius 2 is 2.09 bits per heavy atom. The number of amides is 2. The summed E-state index contributed by atoms with van der Waals surface area (Å²) < 4.78 is 21.7. The van der Waals surface area contributed by atoms with Crippen LogP contribution in [0.2, 0.25) is 0 Å². The monoisotopic (exact) mass is 495 g/mol. The molecular formula is C24H22FN5O4S. The van der Waals surface area contributed by atoms with E-state index in [4.69, 9.17) is 4.74 Å². The molecule has 1 fully saturated rings. The summed E-state index contributed by atoms with van der Waals surface area (Å²) in [5, 5.41) is 6.14. The number of benzene rings is 1. The Morgan fingerprint density at radius 3 is 2.97 bits per heavy atom. The molecule has 2 atom stereocenters. The molecule has 180 valence electrons. The Labute approximate surface area is 203 Å². The van der Waals surface area contributed by atoms with Gasteiger partial charge in [0.15, 0.2) is 0 Å². The minimum atomic E-state index is -0.432. The molecule has 0 bridgehead atoms. The predicted octanol–water partition coefficient (Wildman–Crippen LogP) is 2.68. The number of hydrogen-bond donors (Lipinski definition) is 2. The van der Waals surface area contributed by atoms with E-state index in [0.717, 1.165) is 4.90 Å². The highest BCUT2D eigenvalue weighted by Crippen LogP contribution is 2.36. The third-order valence-corrected chi connectivity index (χ3v) is 7.70. The molecule has 1 unspecified atom stereocenters. The molecule has 3 aliphatic heterocycles. The Hall–Kier alpha value is -3.44. The van der Waals surface area contributed by atoms with Crippen molar-refractivity contribution in [1.29, 1.82) is 0 Å². The van der Waals surface area contributed by atoms with Crippen LogP contribution in [0.3, 0.4) is 0 Å². The summed E-state index contributed by atoms with van der Waals surface area (Å²) in [6.07, 6.45) is 1.08. The fourth-order valence-corrected chi connectivity index (χ4v) is 5.79. The Bertz CT molecular complexity index is 1430. The van der Waals surface area contributed by atoms with Crippen LogP contribution in [0, 0.1) is 5.82 Å². The highest BCUT2D eigenvalue weighted by molar-refractivity contribution is 8.00. The molecule has 0 radical (unpaired) electrons. The second-order valence-corrected chi connectivity index (χ2v) is 9.88. The molecule has 0 saturated carbocycles. The minimum Gasteiger partial charge on any atom is -0.443 e. The third kappa shape index (κ3) is 3.94. The number of nitrogens with one attached hydrogen (secondary N) is 2. The van der Waals surface area contributed by atoms with Gasteiger partial charge in [-0.1, -0.05) is 0 Å². The number of anilines is 2. The fourth-order valence-electron chi connectivity index (χ4n) is 5.00. The van der Waals surface area contributed by atoms with Crippen LogP contribution in [0.1, 0.15) is 17.9 Å². The maximum Gasteiger partial charge on any atom is 0.414 e. The molecule has 35 heavy (non-hydrogen) atoms. The predicted molar refractivity (Wildman–Crippen MR) is 130 cm³/mol. The molecule has 3 aliphatic rings. The molecule has 6 rings (SSSR count). The van der Waals surface area contributed by atoms with Gasteiger partial charge in [0, 0.05) is 41.2 Å². The van der Waals surface area contributed by atoms with Gasteiger partial charge < -0.3 is 19.9 Å². The van der Waals surface area contributed by atoms with Crippen molar-refractivity contribution >= 4 is 46.2 Å². The van der Waals surface area contributed by atoms with Crippen molar-refractivity contribution < 1.29 is 18.7 Å². The van der Waals surface area contributed by atoms with Crippen molar-refractivity contribution in [3.63, 3.8) is 0 Å². The SMILES string of the molecule is O=C1CSc2ccc(N3C[C@@H](CNCCC4Cn5c(=O)ccc6ncc(F)c4c65)OC3=O)cc2N1. The second-order valence-electron chi connectivity index (χ2n) is 8.86. The first-order chi connectivity index (χ1) is 17.0. The number of cyclic esters (lactones) is 1. The van der Waals surface area contributed by atoms with Gasteiger partial charge in [-0.3, -0.25) is 19.5 Å². The number of nitrogens with zero attached hydrogens (tertiary/aromatic N) is 3. The first-order valence-corrected chi connectivity index (χ1v) is 12.4. The van der Waals surface area contributed by atoms with Gasteiger partial charge in [0.1, 0.15) is 11.9 Å². The molecule has 11 heteroatoms. The molecule has 2 aromatic heterocycles. The van der Waals surface area contributed by atoms with Crippen molar-refractivity contribution in [2.45, 2.75) is 29.9 Å². The van der Waals surface area contributed by atoms with Gasteiger partial charge in [-0.05, 0) is 37.2 Å². The van der Waals surface area contributed by atoms with Gasteiger partial charge in [0.25, 0.3) is 5.56 Å². The normalized spacial score (nSPS) is 20.8. The number of carbonyl (C=O) groups is 2. The Kier molecular flexibility index (Phi) is 5.45. The van der Waals surface area contributed by atoms with E-state index in [1.54, 1.807) is 21.6 Å². The van der Waals surface area contributed by atoms with Crippen LogP contribution >= 0.6 is 11.8 Å². The van der Waals surface area contributed by atoms with Gasteiger partial charge in [0.2, 0.25) is 5.91 Å². The molecule has 9 nitrogen and oxygen atoms in total. The Morgan fingerprint density at radius 1 is 1.20 bits per heavy atom. The lowest BCUT2D eigenvalue weighted by Crippen LogP contribution is -2.32. The number of thioether (sulfide) groups is 1. The van der Waals surface area contributed by atoms with Crippen molar-refractivity contribution in [3.8, 4) is 0 Å². The van der Waals surface area contributed by atoms with E-state index < -0.39 is 6.09 Å². The minimum absolute atomic E-state index is 0.0617. The standard InChI is InChI=1S/C24H22FN5O4S/c25-16-9-27-17-2-4-21(32)30-10-13(22(16)23(17)30)5-6-26-8-15-11-29(24(33)34-15)14-1-3-19-18(7-14)28-20(31)12-35-19/h1-4,7,9,13,15,26H,5-6,8,10-12H2,(H,28,31)/t13?,15-/m1/s1. The van der Waals surface area contributed by atoms with E-state index in [9.17, 15) is 18.8 Å². The summed E-state index contributed by atoms with van der Waals surface area (Å²) in [7, 11) is 0. The lowest BCUT2D eigenvalue weighted by molar-refractivity contribution is -0.113. The second kappa shape index (κ2) is 8.65. The molecule has 2 N–H and O–H groups in total. The lowest BCUT2D eigenvalue weighted by atomic mass is 9.97. The summed E-state index contributed by atoms with van der Waals surface area (Å²) in [5.74, 6) is -0.198. The number of hydrogen-bond acceptors (Lipinski definition) is 7.